The molecule has 1 aromatic carbocycles. The molecule has 0 bridgehead atoms. The SMILES string of the molecule is Cn1nc(CC(=O)N2CCN(S(=O)(=O)c3c[nH]c4ncccc34)CC2)c2ccccc2c1=O. The number of amides is 1. The molecule has 11 heteroatoms. The van der Waals surface area contributed by atoms with Crippen LogP contribution in [-0.4, -0.2) is 69.5 Å². The van der Waals surface area contributed by atoms with Gasteiger partial charge in [-0.15, -0.1) is 0 Å². The first-order chi connectivity index (χ1) is 15.9. The number of H-pyrrole nitrogens is 1. The number of pyridine rings is 1. The van der Waals surface area contributed by atoms with Crippen molar-refractivity contribution in [3.8, 4) is 0 Å². The van der Waals surface area contributed by atoms with Gasteiger partial charge in [-0.2, -0.15) is 9.40 Å². The minimum absolute atomic E-state index is 0.0372. The average Bonchev–Trinajstić information content (AvgIpc) is 3.27. The van der Waals surface area contributed by atoms with Gasteiger partial charge in [0.25, 0.3) is 5.56 Å². The van der Waals surface area contributed by atoms with E-state index in [4.69, 9.17) is 0 Å². The minimum Gasteiger partial charge on any atom is -0.345 e. The van der Waals surface area contributed by atoms with E-state index >= 15 is 0 Å². The van der Waals surface area contributed by atoms with Gasteiger partial charge in [-0.25, -0.2) is 18.1 Å². The quantitative estimate of drug-likeness (QED) is 0.477. The molecule has 0 radical (unpaired) electrons. The number of rotatable bonds is 4. The summed E-state index contributed by atoms with van der Waals surface area (Å²) in [5, 5.41) is 6.01. The number of aromatic amines is 1. The van der Waals surface area contributed by atoms with Crippen LogP contribution in [0.25, 0.3) is 21.8 Å². The van der Waals surface area contributed by atoms with Crippen LogP contribution in [0.2, 0.25) is 0 Å². The van der Waals surface area contributed by atoms with Crippen molar-refractivity contribution in [1.82, 2.24) is 29.0 Å². The van der Waals surface area contributed by atoms with Gasteiger partial charge >= 0.3 is 0 Å². The molecule has 10 nitrogen and oxygen atoms in total. The first-order valence-electron chi connectivity index (χ1n) is 10.5. The molecule has 33 heavy (non-hydrogen) atoms. The zero-order valence-corrected chi connectivity index (χ0v) is 18.7. The summed E-state index contributed by atoms with van der Waals surface area (Å²) in [6.45, 7) is 0.954. The van der Waals surface area contributed by atoms with Crippen LogP contribution in [0.1, 0.15) is 5.69 Å². The van der Waals surface area contributed by atoms with E-state index in [0.717, 1.165) is 0 Å². The fourth-order valence-electron chi connectivity index (χ4n) is 4.22. The van der Waals surface area contributed by atoms with Crippen molar-refractivity contribution in [2.24, 2.45) is 7.05 Å². The maximum atomic E-state index is 13.2. The van der Waals surface area contributed by atoms with Crippen molar-refractivity contribution in [3.05, 3.63) is 64.8 Å². The minimum atomic E-state index is -3.72. The van der Waals surface area contributed by atoms with Crippen molar-refractivity contribution in [2.75, 3.05) is 26.2 Å². The predicted molar refractivity (Wildman–Crippen MR) is 122 cm³/mol. The molecule has 3 aromatic heterocycles. The van der Waals surface area contributed by atoms with E-state index in [0.29, 0.717) is 27.5 Å². The summed E-state index contributed by atoms with van der Waals surface area (Å²) in [4.78, 5) is 34.2. The number of aryl methyl sites for hydroxylation is 1. The number of carbonyl (C=O) groups is 1. The lowest BCUT2D eigenvalue weighted by atomic mass is 10.1. The number of fused-ring (bicyclic) bond motifs is 2. The van der Waals surface area contributed by atoms with Gasteiger partial charge in [-0.05, 0) is 18.2 Å². The van der Waals surface area contributed by atoms with Gasteiger partial charge in [0, 0.05) is 56.4 Å². The summed E-state index contributed by atoms with van der Waals surface area (Å²) in [6.07, 6.45) is 3.10. The van der Waals surface area contributed by atoms with E-state index in [2.05, 4.69) is 15.1 Å². The Morgan fingerprint density at radius 3 is 2.48 bits per heavy atom. The number of benzene rings is 1. The molecule has 1 aliphatic rings. The van der Waals surface area contributed by atoms with Crippen molar-refractivity contribution in [2.45, 2.75) is 11.3 Å². The molecule has 0 saturated carbocycles. The predicted octanol–water partition coefficient (Wildman–Crippen LogP) is 0.885. The van der Waals surface area contributed by atoms with Crippen molar-refractivity contribution < 1.29 is 13.2 Å². The molecule has 4 heterocycles. The summed E-state index contributed by atoms with van der Waals surface area (Å²) in [5.41, 5.74) is 0.828. The van der Waals surface area contributed by atoms with Crippen molar-refractivity contribution in [3.63, 3.8) is 0 Å². The highest BCUT2D eigenvalue weighted by Gasteiger charge is 2.32. The highest BCUT2D eigenvalue weighted by molar-refractivity contribution is 7.89. The van der Waals surface area contributed by atoms with Crippen LogP contribution in [0.5, 0.6) is 0 Å². The van der Waals surface area contributed by atoms with Gasteiger partial charge < -0.3 is 9.88 Å². The van der Waals surface area contributed by atoms with Gasteiger partial charge in [-0.3, -0.25) is 9.59 Å². The average molecular weight is 467 g/mol. The van der Waals surface area contributed by atoms with Crippen molar-refractivity contribution >= 4 is 37.7 Å². The molecule has 1 amide bonds. The topological polar surface area (TPSA) is 121 Å². The lowest BCUT2D eigenvalue weighted by Gasteiger charge is -2.34. The summed E-state index contributed by atoms with van der Waals surface area (Å²) in [6, 6.07) is 10.5. The molecule has 0 aliphatic carbocycles. The Hall–Kier alpha value is -3.57. The van der Waals surface area contributed by atoms with Crippen LogP contribution in [0, 0.1) is 0 Å². The van der Waals surface area contributed by atoms with E-state index in [9.17, 15) is 18.0 Å². The smallest absolute Gasteiger partial charge is 0.274 e. The molecule has 0 atom stereocenters. The number of nitrogens with zero attached hydrogens (tertiary/aromatic N) is 5. The second-order valence-electron chi connectivity index (χ2n) is 7.94. The summed E-state index contributed by atoms with van der Waals surface area (Å²) in [7, 11) is -2.16. The second-order valence-corrected chi connectivity index (χ2v) is 9.84. The highest BCUT2D eigenvalue weighted by atomic mass is 32.2. The number of hydrogen-bond acceptors (Lipinski definition) is 6. The summed E-state index contributed by atoms with van der Waals surface area (Å²) in [5.74, 6) is -0.153. The van der Waals surface area contributed by atoms with Crippen molar-refractivity contribution in [1.29, 1.82) is 0 Å². The Labute approximate surface area is 189 Å². The maximum absolute atomic E-state index is 13.2. The monoisotopic (exact) mass is 466 g/mol. The van der Waals surface area contributed by atoms with E-state index in [1.54, 1.807) is 54.5 Å². The normalized spacial score (nSPS) is 15.4. The standard InChI is InChI=1S/C22H22N6O4S/c1-26-22(30)16-6-3-2-5-15(16)18(25-26)13-20(29)27-9-11-28(12-10-27)33(31,32)19-14-24-21-17(19)7-4-8-23-21/h2-8,14H,9-13H2,1H3,(H,23,24). The number of aromatic nitrogens is 4. The van der Waals surface area contributed by atoms with E-state index in [-0.39, 0.29) is 49.0 Å². The molecular weight excluding hydrogens is 444 g/mol. The van der Waals surface area contributed by atoms with Crippen LogP contribution in [0.15, 0.2) is 58.5 Å². The number of hydrogen-bond donors (Lipinski definition) is 1. The molecule has 170 valence electrons. The third kappa shape index (κ3) is 3.68. The third-order valence-corrected chi connectivity index (χ3v) is 7.91. The van der Waals surface area contributed by atoms with E-state index in [1.807, 2.05) is 0 Å². The van der Waals surface area contributed by atoms with Crippen LogP contribution < -0.4 is 5.56 Å². The van der Waals surface area contributed by atoms with Gasteiger partial charge in [0.1, 0.15) is 10.5 Å². The number of nitrogens with one attached hydrogen (secondary N) is 1. The first-order valence-corrected chi connectivity index (χ1v) is 12.0. The number of piperazine rings is 1. The van der Waals surface area contributed by atoms with E-state index in [1.165, 1.54) is 15.2 Å². The molecule has 1 N–H and O–H groups in total. The molecular formula is C22H22N6O4S. The Morgan fingerprint density at radius 1 is 1.03 bits per heavy atom. The number of carbonyl (C=O) groups excluding carboxylic acids is 1. The molecule has 0 spiro atoms. The zero-order chi connectivity index (χ0) is 23.2. The molecule has 1 saturated heterocycles. The largest absolute Gasteiger partial charge is 0.345 e. The maximum Gasteiger partial charge on any atom is 0.274 e. The fourth-order valence-corrected chi connectivity index (χ4v) is 5.80. The van der Waals surface area contributed by atoms with Crippen LogP contribution >= 0.6 is 0 Å². The molecule has 4 aromatic rings. The molecule has 5 rings (SSSR count). The van der Waals surface area contributed by atoms with Crippen LogP contribution in [-0.2, 0) is 28.3 Å². The molecule has 1 aliphatic heterocycles. The molecule has 0 unspecified atom stereocenters. The second kappa shape index (κ2) is 8.09. The van der Waals surface area contributed by atoms with Crippen LogP contribution in [0.3, 0.4) is 0 Å². The lowest BCUT2D eigenvalue weighted by Crippen LogP contribution is -2.50. The van der Waals surface area contributed by atoms with Gasteiger partial charge in [0.05, 0.1) is 17.5 Å². The van der Waals surface area contributed by atoms with Gasteiger partial charge in [0.15, 0.2) is 0 Å². The molecule has 1 fully saturated rings. The lowest BCUT2D eigenvalue weighted by molar-refractivity contribution is -0.131. The fraction of sp³-hybridized carbons (Fsp3) is 0.273. The Balaban J connectivity index is 1.32. The van der Waals surface area contributed by atoms with Crippen LogP contribution in [0.4, 0.5) is 0 Å². The Kier molecular flexibility index (Phi) is 5.22. The van der Waals surface area contributed by atoms with Gasteiger partial charge in [-0.1, -0.05) is 18.2 Å². The van der Waals surface area contributed by atoms with E-state index < -0.39 is 10.0 Å². The third-order valence-electron chi connectivity index (χ3n) is 5.97. The van der Waals surface area contributed by atoms with Gasteiger partial charge in [0.2, 0.25) is 15.9 Å². The zero-order valence-electron chi connectivity index (χ0n) is 17.9. The highest BCUT2D eigenvalue weighted by Crippen LogP contribution is 2.25. The Morgan fingerprint density at radius 2 is 1.73 bits per heavy atom. The summed E-state index contributed by atoms with van der Waals surface area (Å²) >= 11 is 0. The summed E-state index contributed by atoms with van der Waals surface area (Å²) < 4.78 is 29.0. The Bertz CT molecular complexity index is 1530. The first kappa shape index (κ1) is 21.3. The number of sulfonamides is 1.